The van der Waals surface area contributed by atoms with Crippen molar-refractivity contribution in [2.24, 2.45) is 0 Å². The highest BCUT2D eigenvalue weighted by Gasteiger charge is 2.05. The Labute approximate surface area is 114 Å². The van der Waals surface area contributed by atoms with E-state index in [9.17, 15) is 4.39 Å². The molecular formula is C14H14BrFN2. The van der Waals surface area contributed by atoms with Gasteiger partial charge in [0.1, 0.15) is 5.82 Å². The van der Waals surface area contributed by atoms with Crippen LogP contribution >= 0.6 is 15.9 Å². The summed E-state index contributed by atoms with van der Waals surface area (Å²) in [6.07, 6.45) is 3.59. The molecule has 0 amide bonds. The van der Waals surface area contributed by atoms with Crippen molar-refractivity contribution in [1.29, 1.82) is 0 Å². The molecule has 1 N–H and O–H groups in total. The van der Waals surface area contributed by atoms with Gasteiger partial charge >= 0.3 is 0 Å². The van der Waals surface area contributed by atoms with Crippen molar-refractivity contribution in [3.63, 3.8) is 0 Å². The van der Waals surface area contributed by atoms with Gasteiger partial charge in [0.2, 0.25) is 0 Å². The number of hydrogen-bond acceptors (Lipinski definition) is 2. The molecule has 1 aromatic carbocycles. The van der Waals surface area contributed by atoms with Gasteiger partial charge in [-0.25, -0.2) is 4.39 Å². The van der Waals surface area contributed by atoms with E-state index in [1.54, 1.807) is 18.3 Å². The zero-order valence-electron chi connectivity index (χ0n) is 10.0. The largest absolute Gasteiger partial charge is 0.306 e. The number of pyridine rings is 1. The number of nitrogens with zero attached hydrogens (tertiary/aromatic N) is 1. The number of rotatable bonds is 4. The van der Waals surface area contributed by atoms with E-state index in [4.69, 9.17) is 0 Å². The molecule has 0 bridgehead atoms. The fraction of sp³-hybridized carbons (Fsp3) is 0.214. The van der Waals surface area contributed by atoms with Crippen LogP contribution in [0.2, 0.25) is 0 Å². The van der Waals surface area contributed by atoms with E-state index in [0.29, 0.717) is 0 Å². The standard InChI is InChI=1S/C14H14BrFN2/c1-10(12-2-4-14(16)5-3-12)18-8-11-6-13(15)9-17-7-11/h2-7,9-10,18H,8H2,1H3. The molecule has 2 nitrogen and oxygen atoms in total. The van der Waals surface area contributed by atoms with Crippen molar-refractivity contribution in [3.8, 4) is 0 Å². The molecule has 1 aromatic heterocycles. The second kappa shape index (κ2) is 6.07. The summed E-state index contributed by atoms with van der Waals surface area (Å²) in [7, 11) is 0. The van der Waals surface area contributed by atoms with Crippen molar-refractivity contribution >= 4 is 15.9 Å². The SMILES string of the molecule is CC(NCc1cncc(Br)c1)c1ccc(F)cc1. The summed E-state index contributed by atoms with van der Waals surface area (Å²) >= 11 is 3.39. The van der Waals surface area contributed by atoms with Gasteiger partial charge in [0.25, 0.3) is 0 Å². The van der Waals surface area contributed by atoms with Gasteiger partial charge in [-0.1, -0.05) is 12.1 Å². The Balaban J connectivity index is 1.96. The quantitative estimate of drug-likeness (QED) is 0.928. The van der Waals surface area contributed by atoms with E-state index in [0.717, 1.165) is 22.1 Å². The van der Waals surface area contributed by atoms with E-state index in [1.165, 1.54) is 12.1 Å². The summed E-state index contributed by atoms with van der Waals surface area (Å²) in [5.74, 6) is -0.206. The predicted molar refractivity (Wildman–Crippen MR) is 73.6 cm³/mol. The summed E-state index contributed by atoms with van der Waals surface area (Å²) in [5, 5.41) is 3.38. The summed E-state index contributed by atoms with van der Waals surface area (Å²) < 4.78 is 13.8. The van der Waals surface area contributed by atoms with Crippen LogP contribution in [0.25, 0.3) is 0 Å². The van der Waals surface area contributed by atoms with Crippen LogP contribution in [0.1, 0.15) is 24.1 Å². The lowest BCUT2D eigenvalue weighted by molar-refractivity contribution is 0.570. The normalized spacial score (nSPS) is 12.4. The summed E-state index contributed by atoms with van der Waals surface area (Å²) in [6.45, 7) is 2.78. The predicted octanol–water partition coefficient (Wildman–Crippen LogP) is 3.83. The number of halogens is 2. The number of hydrogen-bond donors (Lipinski definition) is 1. The van der Waals surface area contributed by atoms with Gasteiger partial charge in [0, 0.05) is 29.5 Å². The fourth-order valence-electron chi connectivity index (χ4n) is 1.69. The van der Waals surface area contributed by atoms with Crippen molar-refractivity contribution < 1.29 is 4.39 Å². The maximum Gasteiger partial charge on any atom is 0.123 e. The first-order chi connectivity index (χ1) is 8.65. The minimum absolute atomic E-state index is 0.171. The highest BCUT2D eigenvalue weighted by molar-refractivity contribution is 9.10. The Morgan fingerprint density at radius 3 is 2.67 bits per heavy atom. The van der Waals surface area contributed by atoms with Gasteiger partial charge < -0.3 is 5.32 Å². The van der Waals surface area contributed by atoms with Gasteiger partial charge in [0.05, 0.1) is 0 Å². The average molecular weight is 309 g/mol. The molecule has 2 aromatic rings. The number of aromatic nitrogens is 1. The van der Waals surface area contributed by atoms with Crippen molar-refractivity contribution in [2.45, 2.75) is 19.5 Å². The molecule has 0 aliphatic rings. The molecule has 1 heterocycles. The van der Waals surface area contributed by atoms with E-state index in [1.807, 2.05) is 12.3 Å². The van der Waals surface area contributed by atoms with Crippen LogP contribution < -0.4 is 5.32 Å². The van der Waals surface area contributed by atoms with E-state index < -0.39 is 0 Å². The molecule has 94 valence electrons. The monoisotopic (exact) mass is 308 g/mol. The third-order valence-corrected chi connectivity index (χ3v) is 3.18. The van der Waals surface area contributed by atoms with E-state index >= 15 is 0 Å². The molecule has 2 rings (SSSR count). The lowest BCUT2D eigenvalue weighted by atomic mass is 10.1. The van der Waals surface area contributed by atoms with Crippen LogP contribution in [0.3, 0.4) is 0 Å². The van der Waals surface area contributed by atoms with Crippen LogP contribution in [0, 0.1) is 5.82 Å². The lowest BCUT2D eigenvalue weighted by Crippen LogP contribution is -2.18. The first-order valence-corrected chi connectivity index (χ1v) is 6.53. The molecule has 0 aliphatic carbocycles. The molecule has 0 fully saturated rings. The molecular weight excluding hydrogens is 295 g/mol. The summed E-state index contributed by atoms with van der Waals surface area (Å²) in [5.41, 5.74) is 2.18. The second-order valence-corrected chi connectivity index (χ2v) is 5.08. The van der Waals surface area contributed by atoms with Gasteiger partial charge in [-0.3, -0.25) is 4.98 Å². The van der Waals surface area contributed by atoms with Crippen molar-refractivity contribution in [1.82, 2.24) is 10.3 Å². The van der Waals surface area contributed by atoms with Crippen molar-refractivity contribution in [3.05, 3.63) is 64.1 Å². The molecule has 1 unspecified atom stereocenters. The Hall–Kier alpha value is -1.26. The molecule has 0 radical (unpaired) electrons. The molecule has 0 spiro atoms. The van der Waals surface area contributed by atoms with Crippen LogP contribution in [0.5, 0.6) is 0 Å². The smallest absolute Gasteiger partial charge is 0.123 e. The van der Waals surface area contributed by atoms with Crippen LogP contribution in [0.4, 0.5) is 4.39 Å². The Kier molecular flexibility index (Phi) is 4.44. The highest BCUT2D eigenvalue weighted by atomic mass is 79.9. The molecule has 0 saturated carbocycles. The van der Waals surface area contributed by atoms with Gasteiger partial charge in [0.15, 0.2) is 0 Å². The first kappa shape index (κ1) is 13.2. The summed E-state index contributed by atoms with van der Waals surface area (Å²) in [4.78, 5) is 4.11. The average Bonchev–Trinajstić information content (AvgIpc) is 2.37. The van der Waals surface area contributed by atoms with Crippen LogP contribution in [-0.2, 0) is 6.54 Å². The maximum atomic E-state index is 12.8. The zero-order chi connectivity index (χ0) is 13.0. The maximum absolute atomic E-state index is 12.8. The topological polar surface area (TPSA) is 24.9 Å². The Bertz CT molecular complexity index is 513. The highest BCUT2D eigenvalue weighted by Crippen LogP contribution is 2.14. The Morgan fingerprint density at radius 1 is 1.28 bits per heavy atom. The van der Waals surface area contributed by atoms with Gasteiger partial charge in [-0.05, 0) is 52.2 Å². The second-order valence-electron chi connectivity index (χ2n) is 4.17. The van der Waals surface area contributed by atoms with E-state index in [-0.39, 0.29) is 11.9 Å². The minimum atomic E-state index is -0.206. The third-order valence-electron chi connectivity index (χ3n) is 2.74. The number of benzene rings is 1. The molecule has 18 heavy (non-hydrogen) atoms. The Morgan fingerprint density at radius 2 is 2.00 bits per heavy atom. The first-order valence-electron chi connectivity index (χ1n) is 5.73. The third kappa shape index (κ3) is 3.62. The fourth-order valence-corrected chi connectivity index (χ4v) is 2.11. The molecule has 1 atom stereocenters. The van der Waals surface area contributed by atoms with Crippen LogP contribution in [-0.4, -0.2) is 4.98 Å². The van der Waals surface area contributed by atoms with Crippen molar-refractivity contribution in [2.75, 3.05) is 0 Å². The van der Waals surface area contributed by atoms with Gasteiger partial charge in [-0.15, -0.1) is 0 Å². The minimum Gasteiger partial charge on any atom is -0.306 e. The zero-order valence-corrected chi connectivity index (χ0v) is 11.6. The molecule has 4 heteroatoms. The van der Waals surface area contributed by atoms with E-state index in [2.05, 4.69) is 33.2 Å². The van der Waals surface area contributed by atoms with Crippen LogP contribution in [0.15, 0.2) is 47.2 Å². The summed E-state index contributed by atoms with van der Waals surface area (Å²) in [6, 6.07) is 8.75. The molecule has 0 saturated heterocycles. The number of nitrogens with one attached hydrogen (secondary N) is 1. The molecule has 0 aliphatic heterocycles. The van der Waals surface area contributed by atoms with Gasteiger partial charge in [-0.2, -0.15) is 0 Å². The lowest BCUT2D eigenvalue weighted by Gasteiger charge is -2.14.